The maximum atomic E-state index is 14.4. The number of aryl methyl sites for hydroxylation is 1. The van der Waals surface area contributed by atoms with Gasteiger partial charge < -0.3 is 5.73 Å². The van der Waals surface area contributed by atoms with E-state index in [0.717, 1.165) is 16.7 Å². The van der Waals surface area contributed by atoms with Crippen LogP contribution < -0.4 is 5.73 Å². The van der Waals surface area contributed by atoms with Gasteiger partial charge in [-0.2, -0.15) is 4.58 Å². The minimum absolute atomic E-state index is 0.126. The first-order valence-electron chi connectivity index (χ1n) is 14.7. The van der Waals surface area contributed by atoms with Gasteiger partial charge in [0.2, 0.25) is 5.84 Å². The van der Waals surface area contributed by atoms with Crippen molar-refractivity contribution in [2.24, 2.45) is 22.6 Å². The molecule has 0 fully saturated rings. The number of nitrogens with two attached hydrogens (primary N) is 1. The Labute approximate surface area is 252 Å². The Morgan fingerprint density at radius 3 is 1.91 bits per heavy atom. The second kappa shape index (κ2) is 10.5. The molecule has 0 bridgehead atoms. The lowest BCUT2D eigenvalue weighted by molar-refractivity contribution is -0.308. The average molecular weight is 621 g/mol. The van der Waals surface area contributed by atoms with Crippen LogP contribution in [-0.2, 0) is 18.3 Å². The molecule has 0 aromatic heterocycles. The maximum Gasteiger partial charge on any atom is 0.310 e. The summed E-state index contributed by atoms with van der Waals surface area (Å²) in [4.78, 5) is 3.28. The molecule has 43 heavy (non-hydrogen) atoms. The van der Waals surface area contributed by atoms with Crippen LogP contribution in [0.25, 0.3) is 0 Å². The monoisotopic (exact) mass is 620 g/mol. The van der Waals surface area contributed by atoms with Gasteiger partial charge in [-0.15, -0.1) is 4.99 Å². The molecule has 0 spiro atoms. The first kappa shape index (κ1) is 32.7. The number of hydrogen-bond acceptors (Lipinski definition) is 1. The van der Waals surface area contributed by atoms with Crippen molar-refractivity contribution in [1.29, 1.82) is 0 Å². The molecule has 0 saturated heterocycles. The maximum absolute atomic E-state index is 14.4. The topological polar surface area (TPSA) is 41.4 Å². The lowest BCUT2D eigenvalue weighted by atomic mass is 9.74. The molecule has 4 rings (SSSR count). The van der Waals surface area contributed by atoms with Crippen molar-refractivity contribution in [3.8, 4) is 0 Å². The smallest absolute Gasteiger partial charge is 0.310 e. The van der Waals surface area contributed by atoms with Crippen molar-refractivity contribution in [3.05, 3.63) is 94.0 Å². The molecule has 3 nitrogen and oxygen atoms in total. The molecular formula is C34H43F5N3S+. The van der Waals surface area contributed by atoms with E-state index in [2.05, 4.69) is 13.8 Å². The molecule has 0 radical (unpaired) electrons. The Bertz CT molecular complexity index is 1590. The van der Waals surface area contributed by atoms with Gasteiger partial charge in [0, 0.05) is 5.41 Å². The lowest BCUT2D eigenvalue weighted by Crippen LogP contribution is -2.42. The van der Waals surface area contributed by atoms with E-state index in [0.29, 0.717) is 29.2 Å². The van der Waals surface area contributed by atoms with Crippen molar-refractivity contribution < 1.29 is 24.0 Å². The Hall–Kier alpha value is -3.20. The minimum Gasteiger partial charge on any atom is -0.318 e. The zero-order valence-electron chi connectivity index (χ0n) is 26.2. The van der Waals surface area contributed by atoms with Crippen molar-refractivity contribution in [3.63, 3.8) is 0 Å². The number of rotatable bonds is 7. The fraction of sp³-hybridized carbons (Fsp3) is 0.412. The third kappa shape index (κ3) is 6.66. The van der Waals surface area contributed by atoms with Gasteiger partial charge in [-0.3, -0.25) is 0 Å². The largest absolute Gasteiger partial charge is 0.318 e. The molecule has 1 atom stereocenters. The quantitative estimate of drug-likeness (QED) is 0.121. The summed E-state index contributed by atoms with van der Waals surface area (Å²) >= 11 is 0. The SMILES string of the molecule is Cc1ccccc1C(N)=[N+](C1=N[C@@H](C)C(C)(C)c2ccccc21)c1c(CC(C)C)cc(S(F)(F)(F)(F)F)cc1CC(C)C. The Morgan fingerprint density at radius 2 is 1.40 bits per heavy atom. The summed E-state index contributed by atoms with van der Waals surface area (Å²) in [5.74, 6) is 0.505. The van der Waals surface area contributed by atoms with E-state index in [9.17, 15) is 19.4 Å². The molecule has 3 aromatic carbocycles. The van der Waals surface area contributed by atoms with E-state index in [1.165, 1.54) is 0 Å². The number of aliphatic imine (C=N–C) groups is 1. The molecule has 9 heteroatoms. The van der Waals surface area contributed by atoms with Gasteiger partial charge in [0.15, 0.2) is 0 Å². The Balaban J connectivity index is 2.25. The highest BCUT2D eigenvalue weighted by Gasteiger charge is 2.65. The van der Waals surface area contributed by atoms with Crippen LogP contribution in [0.5, 0.6) is 0 Å². The van der Waals surface area contributed by atoms with Gasteiger partial charge >= 0.3 is 10.2 Å². The van der Waals surface area contributed by atoms with Gasteiger partial charge in [-0.1, -0.05) is 97.4 Å². The number of benzene rings is 3. The van der Waals surface area contributed by atoms with Crippen LogP contribution in [0, 0.1) is 18.8 Å². The van der Waals surface area contributed by atoms with Crippen molar-refractivity contribution in [2.45, 2.75) is 84.6 Å². The van der Waals surface area contributed by atoms with Crippen LogP contribution in [0.15, 0.2) is 70.6 Å². The molecule has 0 amide bonds. The minimum atomic E-state index is -10.0. The summed E-state index contributed by atoms with van der Waals surface area (Å²) in [6.45, 7) is 15.5. The lowest BCUT2D eigenvalue weighted by Gasteiger charge is -2.41. The molecule has 2 N–H and O–H groups in total. The van der Waals surface area contributed by atoms with Crippen LogP contribution in [0.3, 0.4) is 0 Å². The zero-order valence-corrected chi connectivity index (χ0v) is 27.0. The highest BCUT2D eigenvalue weighted by Crippen LogP contribution is 3.02. The number of fused-ring (bicyclic) bond motifs is 1. The van der Waals surface area contributed by atoms with E-state index < -0.39 is 15.1 Å². The van der Waals surface area contributed by atoms with E-state index in [1.54, 1.807) is 4.58 Å². The molecular weight excluding hydrogens is 577 g/mol. The van der Waals surface area contributed by atoms with Gasteiger partial charge in [-0.05, 0) is 85.0 Å². The van der Waals surface area contributed by atoms with E-state index in [-0.39, 0.29) is 53.1 Å². The summed E-state index contributed by atoms with van der Waals surface area (Å²) < 4.78 is 73.8. The standard InChI is InChI=1S/C34H42F5N3S/c1-21(2)17-25-19-27(43(35,36,37,38)39)20-26(18-22(3)4)31(25)42(32(40)28-14-10-9-13-23(28)5)33-29-15-11-12-16-30(29)34(7,8)24(6)41-33/h9-16,19-22,24,40H,17-18H2,1-8H3/p+1/t24-/m0/s1. The second-order valence-corrected chi connectivity index (χ2v) is 15.6. The fourth-order valence-electron chi connectivity index (χ4n) is 5.81. The van der Waals surface area contributed by atoms with Crippen LogP contribution in [0.2, 0.25) is 0 Å². The Morgan fingerprint density at radius 1 is 0.884 bits per heavy atom. The molecule has 3 aromatic rings. The second-order valence-electron chi connectivity index (χ2n) is 13.2. The summed E-state index contributed by atoms with van der Waals surface area (Å²) in [6.07, 6.45) is 0.269. The normalized spacial score (nSPS) is 19.0. The van der Waals surface area contributed by atoms with Crippen molar-refractivity contribution in [2.75, 3.05) is 0 Å². The summed E-state index contributed by atoms with van der Waals surface area (Å²) in [7, 11) is -10.0. The summed E-state index contributed by atoms with van der Waals surface area (Å²) in [5, 5.41) is 0. The van der Waals surface area contributed by atoms with Crippen LogP contribution >= 0.6 is 10.2 Å². The first-order valence-corrected chi connectivity index (χ1v) is 16.6. The number of halogens is 5. The van der Waals surface area contributed by atoms with Crippen molar-refractivity contribution in [1.82, 2.24) is 0 Å². The molecule has 0 saturated carbocycles. The molecule has 0 unspecified atom stereocenters. The predicted molar refractivity (Wildman–Crippen MR) is 170 cm³/mol. The molecule has 1 aliphatic heterocycles. The average Bonchev–Trinajstić information content (AvgIpc) is 2.86. The van der Waals surface area contributed by atoms with E-state index >= 15 is 0 Å². The summed E-state index contributed by atoms with van der Waals surface area (Å²) in [5.41, 5.74) is 10.8. The summed E-state index contributed by atoms with van der Waals surface area (Å²) in [6, 6.07) is 16.4. The molecule has 1 heterocycles. The number of hydrogen-bond donors (Lipinski definition) is 1. The van der Waals surface area contributed by atoms with Gasteiger partial charge in [0.05, 0.1) is 11.1 Å². The van der Waals surface area contributed by atoms with Crippen LogP contribution in [-0.4, -0.2) is 22.3 Å². The highest BCUT2D eigenvalue weighted by molar-refractivity contribution is 8.45. The van der Waals surface area contributed by atoms with Crippen LogP contribution in [0.1, 0.15) is 81.8 Å². The fourth-order valence-corrected chi connectivity index (χ4v) is 6.54. The number of nitrogens with zero attached hydrogens (tertiary/aromatic N) is 2. The molecule has 1 aliphatic rings. The van der Waals surface area contributed by atoms with E-state index in [4.69, 9.17) is 10.7 Å². The first-order chi connectivity index (χ1) is 19.6. The molecule has 0 aliphatic carbocycles. The van der Waals surface area contributed by atoms with Crippen molar-refractivity contribution >= 4 is 27.6 Å². The predicted octanol–water partition coefficient (Wildman–Crippen LogP) is 10.2. The zero-order chi connectivity index (χ0) is 32.2. The van der Waals surface area contributed by atoms with Gasteiger partial charge in [0.25, 0.3) is 5.84 Å². The van der Waals surface area contributed by atoms with Gasteiger partial charge in [0.1, 0.15) is 16.6 Å². The molecule has 234 valence electrons. The van der Waals surface area contributed by atoms with E-state index in [1.807, 2.05) is 90.1 Å². The third-order valence-electron chi connectivity index (χ3n) is 8.26. The third-order valence-corrected chi connectivity index (χ3v) is 9.39. The Kier molecular flexibility index (Phi) is 7.96. The van der Waals surface area contributed by atoms with Gasteiger partial charge in [-0.25, -0.2) is 0 Å². The number of amidine groups is 2. The highest BCUT2D eigenvalue weighted by atomic mass is 32.5. The van der Waals surface area contributed by atoms with Crippen LogP contribution in [0.4, 0.5) is 25.1 Å².